The number of carbonyl (C=O) groups is 1. The van der Waals surface area contributed by atoms with Crippen molar-refractivity contribution in [1.82, 2.24) is 10.2 Å². The fourth-order valence-electron chi connectivity index (χ4n) is 4.14. The SMILES string of the molecule is C=CCSCCNC1CCCCC1C1CCCN1C(=O)OC(C)(C)C. The summed E-state index contributed by atoms with van der Waals surface area (Å²) in [6.07, 6.45) is 9.10. The largest absolute Gasteiger partial charge is 0.444 e. The Hall–Kier alpha value is -0.680. The number of nitrogens with one attached hydrogen (secondary N) is 1. The van der Waals surface area contributed by atoms with Gasteiger partial charge in [0.25, 0.3) is 0 Å². The summed E-state index contributed by atoms with van der Waals surface area (Å²) in [4.78, 5) is 14.6. The zero-order chi connectivity index (χ0) is 18.3. The summed E-state index contributed by atoms with van der Waals surface area (Å²) >= 11 is 1.92. The highest BCUT2D eigenvalue weighted by Gasteiger charge is 2.40. The Morgan fingerprint density at radius 2 is 2.04 bits per heavy atom. The Labute approximate surface area is 158 Å². The summed E-state index contributed by atoms with van der Waals surface area (Å²) < 4.78 is 5.66. The Morgan fingerprint density at radius 1 is 1.28 bits per heavy atom. The van der Waals surface area contributed by atoms with Crippen LogP contribution in [0.2, 0.25) is 0 Å². The van der Waals surface area contributed by atoms with Gasteiger partial charge < -0.3 is 15.0 Å². The molecule has 0 radical (unpaired) electrons. The van der Waals surface area contributed by atoms with Gasteiger partial charge >= 0.3 is 6.09 Å². The summed E-state index contributed by atoms with van der Waals surface area (Å²) in [6, 6.07) is 0.875. The zero-order valence-corrected chi connectivity index (χ0v) is 17.1. The summed E-state index contributed by atoms with van der Waals surface area (Å²) in [5.41, 5.74) is -0.420. The van der Waals surface area contributed by atoms with Gasteiger partial charge in [-0.25, -0.2) is 4.79 Å². The Balaban J connectivity index is 1.92. The Morgan fingerprint density at radius 3 is 2.76 bits per heavy atom. The van der Waals surface area contributed by atoms with Crippen LogP contribution in [0.3, 0.4) is 0 Å². The third kappa shape index (κ3) is 6.52. The molecule has 1 amide bonds. The maximum absolute atomic E-state index is 12.6. The number of likely N-dealkylation sites (tertiary alicyclic amines) is 1. The predicted molar refractivity (Wildman–Crippen MR) is 107 cm³/mol. The molecule has 0 aromatic carbocycles. The number of ether oxygens (including phenoxy) is 1. The molecule has 0 aromatic rings. The zero-order valence-electron chi connectivity index (χ0n) is 16.3. The first-order valence-electron chi connectivity index (χ1n) is 9.84. The van der Waals surface area contributed by atoms with Crippen LogP contribution in [0.25, 0.3) is 0 Å². The van der Waals surface area contributed by atoms with Gasteiger partial charge in [-0.05, 0) is 52.4 Å². The van der Waals surface area contributed by atoms with Gasteiger partial charge in [-0.3, -0.25) is 0 Å². The van der Waals surface area contributed by atoms with Crippen molar-refractivity contribution >= 4 is 17.9 Å². The minimum absolute atomic E-state index is 0.124. The molecule has 4 nitrogen and oxygen atoms in total. The van der Waals surface area contributed by atoms with Crippen LogP contribution in [0.4, 0.5) is 4.79 Å². The van der Waals surface area contributed by atoms with Crippen molar-refractivity contribution in [2.75, 3.05) is 24.6 Å². The third-order valence-electron chi connectivity index (χ3n) is 5.13. The van der Waals surface area contributed by atoms with Crippen LogP contribution in [0, 0.1) is 5.92 Å². The molecule has 0 aromatic heterocycles. The van der Waals surface area contributed by atoms with Gasteiger partial charge in [0.2, 0.25) is 0 Å². The number of nitrogens with zero attached hydrogens (tertiary/aromatic N) is 1. The molecule has 1 saturated heterocycles. The number of hydrogen-bond acceptors (Lipinski definition) is 4. The van der Waals surface area contributed by atoms with Crippen molar-refractivity contribution in [3.63, 3.8) is 0 Å². The van der Waals surface area contributed by atoms with E-state index in [0.29, 0.717) is 18.0 Å². The number of thioether (sulfide) groups is 1. The maximum atomic E-state index is 12.6. The second-order valence-corrected chi connectivity index (χ2v) is 9.41. The van der Waals surface area contributed by atoms with Crippen molar-refractivity contribution in [2.24, 2.45) is 5.92 Å². The summed E-state index contributed by atoms with van der Waals surface area (Å²) in [6.45, 7) is 11.5. The molecule has 144 valence electrons. The van der Waals surface area contributed by atoms with E-state index < -0.39 is 5.60 Å². The van der Waals surface area contributed by atoms with E-state index in [-0.39, 0.29) is 6.09 Å². The van der Waals surface area contributed by atoms with Crippen LogP contribution in [0.5, 0.6) is 0 Å². The van der Waals surface area contributed by atoms with Gasteiger partial charge in [0.1, 0.15) is 5.60 Å². The van der Waals surface area contributed by atoms with Gasteiger partial charge in [0.15, 0.2) is 0 Å². The van der Waals surface area contributed by atoms with Crippen LogP contribution < -0.4 is 5.32 Å². The third-order valence-corrected chi connectivity index (χ3v) is 6.09. The lowest BCUT2D eigenvalue weighted by Gasteiger charge is -2.40. The molecule has 1 saturated carbocycles. The molecule has 1 heterocycles. The average Bonchev–Trinajstić information content (AvgIpc) is 3.03. The lowest BCUT2D eigenvalue weighted by Crippen LogP contribution is -2.51. The van der Waals surface area contributed by atoms with E-state index in [1.54, 1.807) is 0 Å². The summed E-state index contributed by atoms with van der Waals surface area (Å²) in [7, 11) is 0. The highest BCUT2D eigenvalue weighted by atomic mass is 32.2. The summed E-state index contributed by atoms with van der Waals surface area (Å²) in [5.74, 6) is 2.70. The second kappa shape index (κ2) is 9.86. The Kier molecular flexibility index (Phi) is 8.14. The Bertz CT molecular complexity index is 436. The first-order chi connectivity index (χ1) is 11.9. The number of hydrogen-bond donors (Lipinski definition) is 1. The van der Waals surface area contributed by atoms with E-state index in [0.717, 1.165) is 37.4 Å². The van der Waals surface area contributed by atoms with Gasteiger partial charge in [-0.2, -0.15) is 11.8 Å². The van der Waals surface area contributed by atoms with Gasteiger partial charge in [-0.1, -0.05) is 18.9 Å². The normalized spacial score (nSPS) is 27.3. The first kappa shape index (κ1) is 20.6. The van der Waals surface area contributed by atoms with Crippen molar-refractivity contribution in [3.8, 4) is 0 Å². The molecule has 1 aliphatic heterocycles. The molecule has 0 spiro atoms. The highest BCUT2D eigenvalue weighted by molar-refractivity contribution is 7.99. The van der Waals surface area contributed by atoms with E-state index >= 15 is 0 Å². The van der Waals surface area contributed by atoms with E-state index in [9.17, 15) is 4.79 Å². The van der Waals surface area contributed by atoms with Crippen LogP contribution in [0.15, 0.2) is 12.7 Å². The van der Waals surface area contributed by atoms with Gasteiger partial charge in [-0.15, -0.1) is 6.58 Å². The van der Waals surface area contributed by atoms with E-state index in [1.165, 1.54) is 25.7 Å². The fraction of sp³-hybridized carbons (Fsp3) is 0.850. The van der Waals surface area contributed by atoms with E-state index in [2.05, 4.69) is 11.9 Å². The minimum atomic E-state index is -0.420. The van der Waals surface area contributed by atoms with Crippen LogP contribution in [-0.4, -0.2) is 53.3 Å². The lowest BCUT2D eigenvalue weighted by atomic mass is 9.79. The maximum Gasteiger partial charge on any atom is 0.410 e. The quantitative estimate of drug-likeness (QED) is 0.532. The van der Waals surface area contributed by atoms with Gasteiger partial charge in [0, 0.05) is 36.7 Å². The molecule has 0 bridgehead atoms. The minimum Gasteiger partial charge on any atom is -0.444 e. The number of rotatable bonds is 7. The number of amides is 1. The molecular weight excluding hydrogens is 332 g/mol. The van der Waals surface area contributed by atoms with E-state index in [1.807, 2.05) is 43.5 Å². The predicted octanol–water partition coefficient (Wildman–Crippen LogP) is 4.45. The van der Waals surface area contributed by atoms with Crippen molar-refractivity contribution in [2.45, 2.75) is 77.0 Å². The summed E-state index contributed by atoms with van der Waals surface area (Å²) in [5, 5.41) is 3.78. The van der Waals surface area contributed by atoms with Crippen molar-refractivity contribution in [1.29, 1.82) is 0 Å². The molecule has 1 aliphatic carbocycles. The number of carbonyl (C=O) groups excluding carboxylic acids is 1. The molecule has 2 rings (SSSR count). The van der Waals surface area contributed by atoms with Crippen LogP contribution in [0.1, 0.15) is 59.3 Å². The lowest BCUT2D eigenvalue weighted by molar-refractivity contribution is 0.0134. The molecule has 1 N–H and O–H groups in total. The molecule has 25 heavy (non-hydrogen) atoms. The molecule has 2 fully saturated rings. The topological polar surface area (TPSA) is 41.6 Å². The van der Waals surface area contributed by atoms with Crippen molar-refractivity contribution in [3.05, 3.63) is 12.7 Å². The smallest absolute Gasteiger partial charge is 0.410 e. The van der Waals surface area contributed by atoms with Gasteiger partial charge in [0.05, 0.1) is 0 Å². The van der Waals surface area contributed by atoms with Crippen LogP contribution >= 0.6 is 11.8 Å². The fourth-order valence-corrected chi connectivity index (χ4v) is 4.74. The molecule has 3 unspecified atom stereocenters. The molecule has 5 heteroatoms. The second-order valence-electron chi connectivity index (χ2n) is 8.26. The average molecular weight is 369 g/mol. The van der Waals surface area contributed by atoms with Crippen LogP contribution in [-0.2, 0) is 4.74 Å². The van der Waals surface area contributed by atoms with E-state index in [4.69, 9.17) is 4.74 Å². The highest BCUT2D eigenvalue weighted by Crippen LogP contribution is 2.35. The molecule has 2 aliphatic rings. The first-order valence-corrected chi connectivity index (χ1v) is 11.0. The standard InChI is InChI=1S/C20H36N2O2S/c1-5-14-25-15-12-21-17-10-7-6-9-16(17)18-11-8-13-22(18)19(23)24-20(2,3)4/h5,16-18,21H,1,6-15H2,2-4H3. The van der Waals surface area contributed by atoms with Crippen molar-refractivity contribution < 1.29 is 9.53 Å². The molecular formula is C20H36N2O2S. The monoisotopic (exact) mass is 368 g/mol. The molecule has 3 atom stereocenters.